The molecule has 0 bridgehead atoms. The number of amides is 1. The summed E-state index contributed by atoms with van der Waals surface area (Å²) in [4.78, 5) is 23.0. The molecule has 14 heteroatoms. The van der Waals surface area contributed by atoms with E-state index in [0.717, 1.165) is 10.6 Å². The third-order valence-electron chi connectivity index (χ3n) is 6.11. The molecule has 0 atom stereocenters. The molecule has 1 fully saturated rings. The van der Waals surface area contributed by atoms with E-state index in [1.807, 2.05) is 0 Å². The lowest BCUT2D eigenvalue weighted by Crippen LogP contribution is -2.27. The number of rotatable bonds is 8. The predicted molar refractivity (Wildman–Crippen MR) is 148 cm³/mol. The maximum atomic E-state index is 13.5. The van der Waals surface area contributed by atoms with Crippen LogP contribution in [0.4, 0.5) is 36.4 Å². The molecular weight excluding hydrogens is 547 g/mol. The van der Waals surface area contributed by atoms with Crippen molar-refractivity contribution >= 4 is 39.2 Å². The standard InChI is InChI=1S/C20H20F3N7O3S.C6H12/c1-30(34(2,32)33)18-13(6-4-8-25-18)10-26-17-15(20(21,22)23)11-27-19(29-17)28-14-7-3-5-12(9-14)16(24)31;1-2-4-6-5-3-1/h3-9,11H,10H2,1-2H3,(H2,24,31)(H2,26,27,28,29);1-6H2. The van der Waals surface area contributed by atoms with E-state index < -0.39 is 33.5 Å². The Morgan fingerprint density at radius 1 is 1.05 bits per heavy atom. The predicted octanol–water partition coefficient (Wildman–Crippen LogP) is 5.08. The zero-order valence-corrected chi connectivity index (χ0v) is 23.0. The number of carbonyl (C=O) groups excluding carboxylic acids is 1. The second-order valence-corrected chi connectivity index (χ2v) is 11.2. The van der Waals surface area contributed by atoms with Gasteiger partial charge in [-0.1, -0.05) is 50.7 Å². The van der Waals surface area contributed by atoms with E-state index >= 15 is 0 Å². The summed E-state index contributed by atoms with van der Waals surface area (Å²) in [6.07, 6.45) is 7.21. The summed E-state index contributed by atoms with van der Waals surface area (Å²) in [7, 11) is -2.36. The van der Waals surface area contributed by atoms with Gasteiger partial charge in [0, 0.05) is 42.8 Å². The van der Waals surface area contributed by atoms with Gasteiger partial charge in [-0.25, -0.2) is 18.4 Å². The van der Waals surface area contributed by atoms with Gasteiger partial charge in [0.1, 0.15) is 17.2 Å². The molecule has 1 saturated carbocycles. The quantitative estimate of drug-likeness (QED) is 0.335. The largest absolute Gasteiger partial charge is 0.421 e. The molecule has 0 spiro atoms. The lowest BCUT2D eigenvalue weighted by atomic mass is 10.0. The van der Waals surface area contributed by atoms with Crippen molar-refractivity contribution in [2.24, 2.45) is 5.73 Å². The van der Waals surface area contributed by atoms with Crippen molar-refractivity contribution in [2.75, 3.05) is 28.2 Å². The molecule has 2 heterocycles. The molecule has 4 N–H and O–H groups in total. The number of primary amides is 1. The number of nitrogens with one attached hydrogen (secondary N) is 2. The third kappa shape index (κ3) is 8.79. The Kier molecular flexibility index (Phi) is 10.3. The molecule has 4 rings (SSSR count). The number of alkyl halides is 3. The van der Waals surface area contributed by atoms with E-state index in [4.69, 9.17) is 5.73 Å². The molecule has 2 aromatic heterocycles. The summed E-state index contributed by atoms with van der Waals surface area (Å²) in [6.45, 7) is -0.209. The number of hydrogen-bond donors (Lipinski definition) is 3. The van der Waals surface area contributed by atoms with Crippen LogP contribution in [0.2, 0.25) is 0 Å². The average molecular weight is 580 g/mol. The Bertz CT molecular complexity index is 1400. The van der Waals surface area contributed by atoms with Crippen LogP contribution in [0.25, 0.3) is 0 Å². The maximum absolute atomic E-state index is 13.5. The zero-order valence-electron chi connectivity index (χ0n) is 22.2. The molecule has 1 amide bonds. The molecule has 0 radical (unpaired) electrons. The van der Waals surface area contributed by atoms with Gasteiger partial charge in [-0.2, -0.15) is 18.2 Å². The smallest absolute Gasteiger partial charge is 0.366 e. The van der Waals surface area contributed by atoms with E-state index in [1.54, 1.807) is 6.07 Å². The average Bonchev–Trinajstić information content (AvgIpc) is 2.92. The van der Waals surface area contributed by atoms with Gasteiger partial charge in [-0.15, -0.1) is 0 Å². The van der Waals surface area contributed by atoms with Crippen molar-refractivity contribution in [1.82, 2.24) is 15.0 Å². The molecule has 0 unspecified atom stereocenters. The van der Waals surface area contributed by atoms with Crippen LogP contribution in [0.1, 0.15) is 60.0 Å². The second-order valence-electron chi connectivity index (χ2n) is 9.22. The number of hydrogen-bond acceptors (Lipinski definition) is 8. The van der Waals surface area contributed by atoms with Crippen molar-refractivity contribution in [3.8, 4) is 0 Å². The van der Waals surface area contributed by atoms with Crippen LogP contribution in [-0.4, -0.2) is 42.6 Å². The van der Waals surface area contributed by atoms with Gasteiger partial charge in [0.25, 0.3) is 0 Å². The van der Waals surface area contributed by atoms with Crippen LogP contribution in [0.15, 0.2) is 48.8 Å². The summed E-state index contributed by atoms with van der Waals surface area (Å²) < 4.78 is 65.3. The van der Waals surface area contributed by atoms with Crippen LogP contribution >= 0.6 is 0 Å². The Labute approximate surface area is 231 Å². The number of benzene rings is 1. The molecule has 1 aromatic carbocycles. The van der Waals surface area contributed by atoms with E-state index in [1.165, 1.54) is 82.1 Å². The van der Waals surface area contributed by atoms with Crippen molar-refractivity contribution in [2.45, 2.75) is 51.2 Å². The fraction of sp³-hybridized carbons (Fsp3) is 0.385. The molecule has 1 aliphatic rings. The molecule has 0 saturated heterocycles. The Hall–Kier alpha value is -3.94. The van der Waals surface area contributed by atoms with Gasteiger partial charge < -0.3 is 16.4 Å². The molecule has 3 aromatic rings. The Morgan fingerprint density at radius 2 is 1.70 bits per heavy atom. The van der Waals surface area contributed by atoms with E-state index in [2.05, 4.69) is 25.6 Å². The second kappa shape index (κ2) is 13.4. The van der Waals surface area contributed by atoms with Gasteiger partial charge in [0.15, 0.2) is 0 Å². The summed E-state index contributed by atoms with van der Waals surface area (Å²) >= 11 is 0. The minimum atomic E-state index is -4.76. The van der Waals surface area contributed by atoms with Crippen LogP contribution in [0.5, 0.6) is 0 Å². The van der Waals surface area contributed by atoms with Gasteiger partial charge >= 0.3 is 6.18 Å². The first-order chi connectivity index (χ1) is 18.9. The van der Waals surface area contributed by atoms with Gasteiger partial charge in [0.2, 0.25) is 21.9 Å². The molecular formula is C26H32F3N7O3S. The van der Waals surface area contributed by atoms with Crippen LogP contribution in [0.3, 0.4) is 0 Å². The van der Waals surface area contributed by atoms with Gasteiger partial charge in [0.05, 0.1) is 6.26 Å². The van der Waals surface area contributed by atoms with E-state index in [9.17, 15) is 26.4 Å². The summed E-state index contributed by atoms with van der Waals surface area (Å²) in [6, 6.07) is 9.03. The summed E-state index contributed by atoms with van der Waals surface area (Å²) in [5.41, 5.74) is 4.98. The van der Waals surface area contributed by atoms with Crippen LogP contribution in [0, 0.1) is 0 Å². The number of nitrogens with two attached hydrogens (primary N) is 1. The van der Waals surface area contributed by atoms with Gasteiger partial charge in [-0.3, -0.25) is 9.10 Å². The topological polar surface area (TPSA) is 143 Å². The lowest BCUT2D eigenvalue weighted by Gasteiger charge is -2.20. The van der Waals surface area contributed by atoms with E-state index in [-0.39, 0.29) is 23.9 Å². The molecule has 1 aliphatic carbocycles. The molecule has 10 nitrogen and oxygen atoms in total. The highest BCUT2D eigenvalue weighted by Gasteiger charge is 2.35. The van der Waals surface area contributed by atoms with Gasteiger partial charge in [-0.05, 0) is 24.3 Å². The normalized spacial score (nSPS) is 13.5. The zero-order chi connectivity index (χ0) is 29.3. The lowest BCUT2D eigenvalue weighted by molar-refractivity contribution is -0.137. The van der Waals surface area contributed by atoms with Crippen LogP contribution in [-0.2, 0) is 22.7 Å². The summed E-state index contributed by atoms with van der Waals surface area (Å²) in [5.74, 6) is -1.32. The maximum Gasteiger partial charge on any atom is 0.421 e. The first kappa shape index (κ1) is 30.6. The highest BCUT2D eigenvalue weighted by molar-refractivity contribution is 7.92. The monoisotopic (exact) mass is 579 g/mol. The Balaban J connectivity index is 0.000000649. The number of aromatic nitrogens is 3. The summed E-state index contributed by atoms with van der Waals surface area (Å²) in [5, 5.41) is 5.32. The number of sulfonamides is 1. The molecule has 216 valence electrons. The highest BCUT2D eigenvalue weighted by Crippen LogP contribution is 2.34. The number of nitrogens with zero attached hydrogens (tertiary/aromatic N) is 4. The first-order valence-electron chi connectivity index (χ1n) is 12.6. The fourth-order valence-corrected chi connectivity index (χ4v) is 4.39. The van der Waals surface area contributed by atoms with Crippen molar-refractivity contribution in [3.63, 3.8) is 0 Å². The van der Waals surface area contributed by atoms with Crippen molar-refractivity contribution in [1.29, 1.82) is 0 Å². The highest BCUT2D eigenvalue weighted by atomic mass is 32.2. The number of carbonyl (C=O) groups is 1. The Morgan fingerprint density at radius 3 is 2.27 bits per heavy atom. The van der Waals surface area contributed by atoms with Crippen LogP contribution < -0.4 is 20.7 Å². The third-order valence-corrected chi connectivity index (χ3v) is 7.27. The minimum absolute atomic E-state index is 0.0572. The molecule has 0 aliphatic heterocycles. The minimum Gasteiger partial charge on any atom is -0.366 e. The van der Waals surface area contributed by atoms with E-state index in [0.29, 0.717) is 17.4 Å². The number of pyridine rings is 1. The SMILES string of the molecule is C1CCCCC1.CN(c1ncccc1CNc1nc(Nc2cccc(C(N)=O)c2)ncc1C(F)(F)F)S(C)(=O)=O. The number of halogens is 3. The van der Waals surface area contributed by atoms with Crippen molar-refractivity contribution in [3.05, 3.63) is 65.5 Å². The molecule has 40 heavy (non-hydrogen) atoms. The fourth-order valence-electron chi connectivity index (χ4n) is 3.91. The first-order valence-corrected chi connectivity index (χ1v) is 14.4. The van der Waals surface area contributed by atoms with Crippen molar-refractivity contribution < 1.29 is 26.4 Å². The number of anilines is 4.